The summed E-state index contributed by atoms with van der Waals surface area (Å²) < 4.78 is 5.18. The second-order valence-corrected chi connectivity index (χ2v) is 7.50. The lowest BCUT2D eigenvalue weighted by Crippen LogP contribution is -2.44. The third-order valence-corrected chi connectivity index (χ3v) is 5.61. The molecule has 2 aliphatic rings. The van der Waals surface area contributed by atoms with Gasteiger partial charge in [-0.05, 0) is 58.3 Å². The van der Waals surface area contributed by atoms with E-state index in [-0.39, 0.29) is 5.91 Å². The highest BCUT2D eigenvalue weighted by Crippen LogP contribution is 2.24. The van der Waals surface area contributed by atoms with Crippen molar-refractivity contribution in [2.24, 2.45) is 0 Å². The third kappa shape index (κ3) is 4.53. The van der Waals surface area contributed by atoms with E-state index in [0.29, 0.717) is 11.6 Å². The number of piperidine rings is 2. The fourth-order valence-corrected chi connectivity index (χ4v) is 4.10. The number of aryl methyl sites for hydroxylation is 1. The lowest BCUT2D eigenvalue weighted by molar-refractivity contribution is 0.0583. The van der Waals surface area contributed by atoms with Gasteiger partial charge in [0.2, 0.25) is 5.95 Å². The minimum atomic E-state index is 0.0924. The lowest BCUT2D eigenvalue weighted by atomic mass is 9.97. The van der Waals surface area contributed by atoms with Crippen LogP contribution in [-0.2, 0) is 4.74 Å². The van der Waals surface area contributed by atoms with Crippen molar-refractivity contribution in [1.82, 2.24) is 14.9 Å². The van der Waals surface area contributed by atoms with Crippen LogP contribution in [0.4, 0.5) is 5.95 Å². The number of carbonyl (C=O) groups is 1. The van der Waals surface area contributed by atoms with Crippen molar-refractivity contribution >= 4 is 11.9 Å². The molecule has 3 rings (SSSR count). The molecule has 6 nitrogen and oxygen atoms in total. The highest BCUT2D eigenvalue weighted by Gasteiger charge is 2.28. The van der Waals surface area contributed by atoms with E-state index in [0.717, 1.165) is 63.6 Å². The molecule has 0 aliphatic carbocycles. The Hall–Kier alpha value is -1.69. The fraction of sp³-hybridized carbons (Fsp3) is 0.750. The summed E-state index contributed by atoms with van der Waals surface area (Å²) in [6, 6.07) is 0.313. The minimum Gasteiger partial charge on any atom is -0.385 e. The summed E-state index contributed by atoms with van der Waals surface area (Å²) in [4.78, 5) is 26.6. The zero-order chi connectivity index (χ0) is 18.4. The molecule has 1 aromatic rings. The molecule has 0 radical (unpaired) electrons. The van der Waals surface area contributed by atoms with Gasteiger partial charge in [0.25, 0.3) is 5.91 Å². The number of nitrogens with zero attached hydrogens (tertiary/aromatic N) is 4. The molecule has 1 amide bonds. The van der Waals surface area contributed by atoms with Crippen molar-refractivity contribution in [1.29, 1.82) is 0 Å². The standard InChI is InChI=1S/C20H32N4O2/c1-16-18(15-21-20(22-16)23-11-5-3-6-12-23)19(25)24-13-7-4-9-17(24)10-8-14-26-2/h15,17H,3-14H2,1-2H3/t17-/m0/s1. The van der Waals surface area contributed by atoms with Crippen molar-refractivity contribution in [3.63, 3.8) is 0 Å². The molecule has 1 atom stereocenters. The third-order valence-electron chi connectivity index (χ3n) is 5.61. The van der Waals surface area contributed by atoms with Gasteiger partial charge in [-0.25, -0.2) is 9.97 Å². The van der Waals surface area contributed by atoms with E-state index in [1.165, 1.54) is 25.7 Å². The molecule has 0 saturated carbocycles. The molecule has 0 spiro atoms. The molecular weight excluding hydrogens is 328 g/mol. The van der Waals surface area contributed by atoms with Crippen molar-refractivity contribution in [2.75, 3.05) is 38.3 Å². The van der Waals surface area contributed by atoms with Gasteiger partial charge in [-0.1, -0.05) is 0 Å². The molecule has 1 aromatic heterocycles. The number of aromatic nitrogens is 2. The SMILES string of the molecule is COCCC[C@@H]1CCCCN1C(=O)c1cnc(N2CCCCC2)nc1C. The topological polar surface area (TPSA) is 58.6 Å². The normalized spacial score (nSPS) is 21.1. The molecule has 2 saturated heterocycles. The van der Waals surface area contributed by atoms with Crippen molar-refractivity contribution < 1.29 is 9.53 Å². The van der Waals surface area contributed by atoms with Crippen molar-refractivity contribution in [3.05, 3.63) is 17.5 Å². The number of likely N-dealkylation sites (tertiary alicyclic amines) is 1. The maximum atomic E-state index is 13.2. The average Bonchev–Trinajstić information content (AvgIpc) is 2.69. The van der Waals surface area contributed by atoms with Gasteiger partial charge in [0.1, 0.15) is 0 Å². The van der Waals surface area contributed by atoms with Crippen molar-refractivity contribution in [3.8, 4) is 0 Å². The molecule has 0 aromatic carbocycles. The summed E-state index contributed by atoms with van der Waals surface area (Å²) >= 11 is 0. The summed E-state index contributed by atoms with van der Waals surface area (Å²) in [5.74, 6) is 0.865. The molecule has 6 heteroatoms. The van der Waals surface area contributed by atoms with Crippen LogP contribution in [-0.4, -0.2) is 60.2 Å². The first-order chi connectivity index (χ1) is 12.7. The monoisotopic (exact) mass is 360 g/mol. The minimum absolute atomic E-state index is 0.0924. The van der Waals surface area contributed by atoms with Gasteiger partial charge in [-0.15, -0.1) is 0 Å². The van der Waals surface area contributed by atoms with Crippen LogP contribution in [0.3, 0.4) is 0 Å². The van der Waals surface area contributed by atoms with Crippen LogP contribution >= 0.6 is 0 Å². The Labute approximate surface area is 156 Å². The van der Waals surface area contributed by atoms with E-state index in [9.17, 15) is 4.79 Å². The molecule has 26 heavy (non-hydrogen) atoms. The van der Waals surface area contributed by atoms with E-state index in [2.05, 4.69) is 14.9 Å². The van der Waals surface area contributed by atoms with Crippen LogP contribution in [0.25, 0.3) is 0 Å². The van der Waals surface area contributed by atoms with Crippen LogP contribution in [0.5, 0.6) is 0 Å². The Kier molecular flexibility index (Phi) is 6.83. The number of amides is 1. The second kappa shape index (κ2) is 9.31. The number of carbonyl (C=O) groups excluding carboxylic acids is 1. The van der Waals surface area contributed by atoms with E-state index in [4.69, 9.17) is 4.74 Å². The molecule has 2 fully saturated rings. The van der Waals surface area contributed by atoms with E-state index in [1.54, 1.807) is 13.3 Å². The van der Waals surface area contributed by atoms with Gasteiger partial charge in [-0.2, -0.15) is 0 Å². The summed E-state index contributed by atoms with van der Waals surface area (Å²) in [7, 11) is 1.73. The summed E-state index contributed by atoms with van der Waals surface area (Å²) in [5, 5.41) is 0. The quantitative estimate of drug-likeness (QED) is 0.729. The second-order valence-electron chi connectivity index (χ2n) is 7.50. The van der Waals surface area contributed by atoms with Gasteiger partial charge >= 0.3 is 0 Å². The summed E-state index contributed by atoms with van der Waals surface area (Å²) in [5.41, 5.74) is 1.45. The molecular formula is C20H32N4O2. The van der Waals surface area contributed by atoms with Crippen LogP contribution in [0, 0.1) is 6.92 Å². The Morgan fingerprint density at radius 3 is 2.69 bits per heavy atom. The largest absolute Gasteiger partial charge is 0.385 e. The zero-order valence-corrected chi connectivity index (χ0v) is 16.2. The first-order valence-electron chi connectivity index (χ1n) is 10.1. The first kappa shape index (κ1) is 19.1. The van der Waals surface area contributed by atoms with Gasteiger partial charge in [0, 0.05) is 45.6 Å². The molecule has 2 aliphatic heterocycles. The number of rotatable bonds is 6. The molecule has 0 N–H and O–H groups in total. The van der Waals surface area contributed by atoms with Crippen LogP contribution in [0.1, 0.15) is 67.4 Å². The number of hydrogen-bond donors (Lipinski definition) is 0. The number of methoxy groups -OCH3 is 1. The van der Waals surface area contributed by atoms with Crippen LogP contribution < -0.4 is 4.90 Å². The maximum absolute atomic E-state index is 13.2. The van der Waals surface area contributed by atoms with Gasteiger partial charge in [0.15, 0.2) is 0 Å². The molecule has 144 valence electrons. The van der Waals surface area contributed by atoms with Gasteiger partial charge < -0.3 is 14.5 Å². The first-order valence-corrected chi connectivity index (χ1v) is 10.1. The van der Waals surface area contributed by atoms with Crippen LogP contribution in [0.2, 0.25) is 0 Å². The molecule has 0 unspecified atom stereocenters. The van der Waals surface area contributed by atoms with Crippen LogP contribution in [0.15, 0.2) is 6.20 Å². The smallest absolute Gasteiger partial charge is 0.257 e. The summed E-state index contributed by atoms with van der Waals surface area (Å²) in [6.45, 7) is 5.56. The van der Waals surface area contributed by atoms with E-state index < -0.39 is 0 Å². The van der Waals surface area contributed by atoms with Gasteiger partial charge in [-0.3, -0.25) is 4.79 Å². The highest BCUT2D eigenvalue weighted by molar-refractivity contribution is 5.95. The number of hydrogen-bond acceptors (Lipinski definition) is 5. The number of anilines is 1. The molecule has 0 bridgehead atoms. The van der Waals surface area contributed by atoms with E-state index >= 15 is 0 Å². The summed E-state index contributed by atoms with van der Waals surface area (Å²) in [6.07, 6.45) is 10.8. The Bertz CT molecular complexity index is 601. The maximum Gasteiger partial charge on any atom is 0.257 e. The predicted molar refractivity (Wildman–Crippen MR) is 103 cm³/mol. The van der Waals surface area contributed by atoms with E-state index in [1.807, 2.05) is 11.8 Å². The zero-order valence-electron chi connectivity index (χ0n) is 16.2. The lowest BCUT2D eigenvalue weighted by Gasteiger charge is -2.36. The van der Waals surface area contributed by atoms with Crippen molar-refractivity contribution in [2.45, 2.75) is 64.3 Å². The number of ether oxygens (including phenoxy) is 1. The van der Waals surface area contributed by atoms with Gasteiger partial charge in [0.05, 0.1) is 11.3 Å². The predicted octanol–water partition coefficient (Wildman–Crippen LogP) is 3.20. The Morgan fingerprint density at radius 2 is 1.96 bits per heavy atom. The fourth-order valence-electron chi connectivity index (χ4n) is 4.10. The average molecular weight is 361 g/mol. The Balaban J connectivity index is 1.71. The Morgan fingerprint density at radius 1 is 1.19 bits per heavy atom. The molecule has 3 heterocycles. The highest BCUT2D eigenvalue weighted by atomic mass is 16.5.